The van der Waals surface area contributed by atoms with E-state index in [1.54, 1.807) is 31.2 Å². The molecule has 0 heterocycles. The normalized spacial score (nSPS) is 22.0. The number of ether oxygens (including phenoxy) is 2. The molecule has 1 aliphatic carbocycles. The third-order valence-electron chi connectivity index (χ3n) is 4.40. The zero-order chi connectivity index (χ0) is 16.8. The van der Waals surface area contributed by atoms with Crippen LogP contribution in [0.15, 0.2) is 24.3 Å². The van der Waals surface area contributed by atoms with Gasteiger partial charge < -0.3 is 14.8 Å². The highest BCUT2D eigenvalue weighted by Crippen LogP contribution is 2.23. The van der Waals surface area contributed by atoms with Gasteiger partial charge >= 0.3 is 5.97 Å². The van der Waals surface area contributed by atoms with Gasteiger partial charge in [0.1, 0.15) is 5.75 Å². The molecule has 5 nitrogen and oxygen atoms in total. The van der Waals surface area contributed by atoms with Gasteiger partial charge in [0.05, 0.1) is 12.7 Å². The molecule has 0 saturated heterocycles. The predicted molar refractivity (Wildman–Crippen MR) is 87.4 cm³/mol. The number of esters is 1. The number of amides is 1. The average molecular weight is 319 g/mol. The van der Waals surface area contributed by atoms with Crippen molar-refractivity contribution in [1.82, 2.24) is 5.32 Å². The van der Waals surface area contributed by atoms with E-state index in [1.807, 2.05) is 0 Å². The number of nitrogens with one attached hydrogen (secondary N) is 1. The molecule has 5 heteroatoms. The van der Waals surface area contributed by atoms with E-state index in [0.29, 0.717) is 17.2 Å². The molecule has 0 aliphatic heterocycles. The third-order valence-corrected chi connectivity index (χ3v) is 4.40. The van der Waals surface area contributed by atoms with E-state index in [2.05, 4.69) is 12.2 Å². The molecule has 0 radical (unpaired) electrons. The number of benzene rings is 1. The summed E-state index contributed by atoms with van der Waals surface area (Å²) in [6.07, 6.45) is 3.65. The highest BCUT2D eigenvalue weighted by molar-refractivity contribution is 5.92. The topological polar surface area (TPSA) is 64.6 Å². The first-order valence-corrected chi connectivity index (χ1v) is 8.16. The number of methoxy groups -OCH3 is 1. The van der Waals surface area contributed by atoms with Crippen LogP contribution in [0.3, 0.4) is 0 Å². The SMILES string of the molecule is COc1cccc(C(=O)O[C@H](C)C(=O)N[C@@H]2CCCC[C@H]2C)c1. The van der Waals surface area contributed by atoms with Gasteiger partial charge in [-0.3, -0.25) is 4.79 Å². The van der Waals surface area contributed by atoms with Gasteiger partial charge in [-0.15, -0.1) is 0 Å². The maximum absolute atomic E-state index is 12.2. The number of carbonyl (C=O) groups is 2. The zero-order valence-electron chi connectivity index (χ0n) is 14.0. The van der Waals surface area contributed by atoms with Crippen LogP contribution in [0, 0.1) is 5.92 Å². The van der Waals surface area contributed by atoms with Gasteiger partial charge in [0.25, 0.3) is 5.91 Å². The molecule has 3 atom stereocenters. The number of carbonyl (C=O) groups excluding carboxylic acids is 2. The lowest BCUT2D eigenvalue weighted by Gasteiger charge is -2.30. The molecule has 0 spiro atoms. The Balaban J connectivity index is 1.90. The molecule has 126 valence electrons. The first kappa shape index (κ1) is 17.3. The standard InChI is InChI=1S/C18H25NO4/c1-12-7-4-5-10-16(12)19-17(20)13(2)23-18(21)14-8-6-9-15(11-14)22-3/h6,8-9,11-13,16H,4-5,7,10H2,1-3H3,(H,19,20)/t12-,13-,16-/m1/s1. The van der Waals surface area contributed by atoms with Crippen LogP contribution < -0.4 is 10.1 Å². The van der Waals surface area contributed by atoms with Gasteiger partial charge in [-0.1, -0.05) is 25.8 Å². The van der Waals surface area contributed by atoms with Crippen molar-refractivity contribution in [3.05, 3.63) is 29.8 Å². The summed E-state index contributed by atoms with van der Waals surface area (Å²) >= 11 is 0. The van der Waals surface area contributed by atoms with Crippen LogP contribution in [0.25, 0.3) is 0 Å². The van der Waals surface area contributed by atoms with Gasteiger partial charge in [0.2, 0.25) is 0 Å². The Morgan fingerprint density at radius 2 is 2.00 bits per heavy atom. The fraction of sp³-hybridized carbons (Fsp3) is 0.556. The van der Waals surface area contributed by atoms with E-state index >= 15 is 0 Å². The Bertz CT molecular complexity index is 558. The minimum atomic E-state index is -0.817. The van der Waals surface area contributed by atoms with E-state index in [0.717, 1.165) is 19.3 Å². The van der Waals surface area contributed by atoms with Crippen molar-refractivity contribution < 1.29 is 19.1 Å². The first-order chi connectivity index (χ1) is 11.0. The molecule has 1 aromatic carbocycles. The molecule has 0 aromatic heterocycles. The van der Waals surface area contributed by atoms with Crippen LogP contribution in [0.5, 0.6) is 5.75 Å². The molecule has 1 aliphatic rings. The van der Waals surface area contributed by atoms with Crippen molar-refractivity contribution in [1.29, 1.82) is 0 Å². The van der Waals surface area contributed by atoms with Crippen LogP contribution in [0.1, 0.15) is 49.9 Å². The van der Waals surface area contributed by atoms with E-state index in [9.17, 15) is 9.59 Å². The quantitative estimate of drug-likeness (QED) is 0.848. The molecule has 0 unspecified atom stereocenters. The molecule has 0 bridgehead atoms. The Hall–Kier alpha value is -2.04. The summed E-state index contributed by atoms with van der Waals surface area (Å²) in [5, 5.41) is 3.01. The number of hydrogen-bond donors (Lipinski definition) is 1. The predicted octanol–water partition coefficient (Wildman–Crippen LogP) is 2.94. The maximum Gasteiger partial charge on any atom is 0.339 e. The summed E-state index contributed by atoms with van der Waals surface area (Å²) in [6, 6.07) is 6.87. The van der Waals surface area contributed by atoms with Gasteiger partial charge in [-0.05, 0) is 43.9 Å². The molecule has 23 heavy (non-hydrogen) atoms. The minimum Gasteiger partial charge on any atom is -0.497 e. The Labute approximate surface area is 137 Å². The Morgan fingerprint density at radius 3 is 2.70 bits per heavy atom. The van der Waals surface area contributed by atoms with Crippen molar-refractivity contribution >= 4 is 11.9 Å². The highest BCUT2D eigenvalue weighted by Gasteiger charge is 2.26. The number of hydrogen-bond acceptors (Lipinski definition) is 4. The maximum atomic E-state index is 12.2. The van der Waals surface area contributed by atoms with E-state index < -0.39 is 12.1 Å². The summed E-state index contributed by atoms with van der Waals surface area (Å²) in [4.78, 5) is 24.4. The monoisotopic (exact) mass is 319 g/mol. The van der Waals surface area contributed by atoms with Crippen LogP contribution in [-0.4, -0.2) is 31.1 Å². The summed E-state index contributed by atoms with van der Waals surface area (Å²) < 4.78 is 10.4. The van der Waals surface area contributed by atoms with Crippen molar-refractivity contribution in [2.45, 2.75) is 51.7 Å². The molecule has 1 N–H and O–H groups in total. The average Bonchev–Trinajstić information content (AvgIpc) is 2.56. The second kappa shape index (κ2) is 7.99. The zero-order valence-corrected chi connectivity index (χ0v) is 14.0. The fourth-order valence-electron chi connectivity index (χ4n) is 2.86. The van der Waals surface area contributed by atoms with Crippen molar-refractivity contribution in [3.8, 4) is 5.75 Å². The van der Waals surface area contributed by atoms with E-state index in [-0.39, 0.29) is 11.9 Å². The van der Waals surface area contributed by atoms with Gasteiger partial charge in [0, 0.05) is 6.04 Å². The minimum absolute atomic E-state index is 0.175. The summed E-state index contributed by atoms with van der Waals surface area (Å²) in [5.41, 5.74) is 0.370. The van der Waals surface area contributed by atoms with Gasteiger partial charge in [0.15, 0.2) is 6.10 Å². The molecule has 1 saturated carbocycles. The van der Waals surface area contributed by atoms with Gasteiger partial charge in [-0.25, -0.2) is 4.79 Å². The van der Waals surface area contributed by atoms with Crippen LogP contribution in [0.2, 0.25) is 0 Å². The first-order valence-electron chi connectivity index (χ1n) is 8.16. The van der Waals surface area contributed by atoms with E-state index in [4.69, 9.17) is 9.47 Å². The molecular formula is C18H25NO4. The molecule has 1 fully saturated rings. The van der Waals surface area contributed by atoms with Crippen LogP contribution >= 0.6 is 0 Å². The Morgan fingerprint density at radius 1 is 1.26 bits per heavy atom. The lowest BCUT2D eigenvalue weighted by Crippen LogP contribution is -2.45. The molecule has 1 amide bonds. The lowest BCUT2D eigenvalue weighted by atomic mass is 9.86. The van der Waals surface area contributed by atoms with Crippen molar-refractivity contribution in [2.75, 3.05) is 7.11 Å². The summed E-state index contributed by atoms with van der Waals surface area (Å²) in [6.45, 7) is 3.75. The summed E-state index contributed by atoms with van der Waals surface area (Å²) in [7, 11) is 1.53. The van der Waals surface area contributed by atoms with Crippen LogP contribution in [-0.2, 0) is 9.53 Å². The van der Waals surface area contributed by atoms with Gasteiger partial charge in [-0.2, -0.15) is 0 Å². The van der Waals surface area contributed by atoms with Crippen LogP contribution in [0.4, 0.5) is 0 Å². The third kappa shape index (κ3) is 4.71. The second-order valence-corrected chi connectivity index (χ2v) is 6.16. The smallest absolute Gasteiger partial charge is 0.339 e. The lowest BCUT2D eigenvalue weighted by molar-refractivity contribution is -0.130. The van der Waals surface area contributed by atoms with Crippen molar-refractivity contribution in [2.24, 2.45) is 5.92 Å². The number of rotatable bonds is 5. The second-order valence-electron chi connectivity index (χ2n) is 6.16. The largest absolute Gasteiger partial charge is 0.497 e. The highest BCUT2D eigenvalue weighted by atomic mass is 16.5. The van der Waals surface area contributed by atoms with Crippen molar-refractivity contribution in [3.63, 3.8) is 0 Å². The molecule has 1 aromatic rings. The summed E-state index contributed by atoms with van der Waals surface area (Å²) in [5.74, 6) is 0.282. The Kier molecular flexibility index (Phi) is 6.02. The van der Waals surface area contributed by atoms with E-state index in [1.165, 1.54) is 13.5 Å². The molecule has 2 rings (SSSR count). The fourth-order valence-corrected chi connectivity index (χ4v) is 2.86. The molecular weight excluding hydrogens is 294 g/mol.